The molecule has 1 aromatic heterocycles. The number of nitrogens with one attached hydrogen (secondary N) is 2. The van der Waals surface area contributed by atoms with Crippen molar-refractivity contribution in [2.24, 2.45) is 4.99 Å². The van der Waals surface area contributed by atoms with Crippen LogP contribution in [0.5, 0.6) is 0 Å². The van der Waals surface area contributed by atoms with Gasteiger partial charge in [-0.3, -0.25) is 10.2 Å². The van der Waals surface area contributed by atoms with Crippen LogP contribution in [-0.2, 0) is 18.1 Å². The van der Waals surface area contributed by atoms with Crippen LogP contribution in [0.25, 0.3) is 0 Å². The lowest BCUT2D eigenvalue weighted by Crippen LogP contribution is -2.28. The molecule has 1 aromatic carbocycles. The van der Waals surface area contributed by atoms with Crippen molar-refractivity contribution >= 4 is 29.0 Å². The number of carbonyl (C=O) groups is 2. The van der Waals surface area contributed by atoms with Gasteiger partial charge < -0.3 is 5.11 Å². The van der Waals surface area contributed by atoms with Crippen LogP contribution in [0.1, 0.15) is 61.5 Å². The van der Waals surface area contributed by atoms with Crippen LogP contribution < -0.4 is 15.7 Å². The van der Waals surface area contributed by atoms with E-state index in [1.54, 1.807) is 4.68 Å². The molecule has 8 nitrogen and oxygen atoms in total. The quantitative estimate of drug-likeness (QED) is 0.555. The number of carboxylic acid groups (broad SMARTS) is 1. The van der Waals surface area contributed by atoms with E-state index in [-0.39, 0.29) is 15.9 Å². The van der Waals surface area contributed by atoms with Crippen molar-refractivity contribution in [2.75, 3.05) is 5.43 Å². The molecule has 0 aliphatic carbocycles. The first-order valence-corrected chi connectivity index (χ1v) is 10.3. The lowest BCUT2D eigenvalue weighted by molar-refractivity contribution is -0.137. The Kier molecular flexibility index (Phi) is 7.47. The highest BCUT2D eigenvalue weighted by atomic mass is 32.1. The van der Waals surface area contributed by atoms with Crippen LogP contribution in [0.2, 0.25) is 0 Å². The molecule has 2 aromatic rings. The Labute approximate surface area is 180 Å². The number of hydrogen-bond donors (Lipinski definition) is 3. The first kappa shape index (κ1) is 24.4. The fourth-order valence-electron chi connectivity index (χ4n) is 2.42. The molecule has 0 atom stereocenters. The predicted molar refractivity (Wildman–Crippen MR) is 110 cm³/mol. The van der Waals surface area contributed by atoms with E-state index in [1.807, 2.05) is 33.1 Å². The summed E-state index contributed by atoms with van der Waals surface area (Å²) < 4.78 is 41.0. The van der Waals surface area contributed by atoms with Gasteiger partial charge in [0, 0.05) is 12.0 Å². The Morgan fingerprint density at radius 1 is 1.26 bits per heavy atom. The van der Waals surface area contributed by atoms with Crippen LogP contribution in [0.4, 0.5) is 23.7 Å². The molecule has 0 saturated carbocycles. The Morgan fingerprint density at radius 2 is 1.94 bits per heavy atom. The van der Waals surface area contributed by atoms with Crippen molar-refractivity contribution in [3.63, 3.8) is 0 Å². The summed E-state index contributed by atoms with van der Waals surface area (Å²) in [4.78, 5) is 27.9. The molecule has 170 valence electrons. The van der Waals surface area contributed by atoms with Gasteiger partial charge in [-0.05, 0) is 24.6 Å². The molecule has 0 fully saturated rings. The molecule has 31 heavy (non-hydrogen) atoms. The number of nitrogens with zero attached hydrogens (tertiary/aromatic N) is 3. The maximum absolute atomic E-state index is 13.2. The van der Waals surface area contributed by atoms with Gasteiger partial charge in [-0.2, -0.15) is 23.3 Å². The van der Waals surface area contributed by atoms with Crippen LogP contribution in [0, 0.1) is 0 Å². The summed E-state index contributed by atoms with van der Waals surface area (Å²) in [7, 11) is 0. The normalized spacial score (nSPS) is 12.7. The van der Waals surface area contributed by atoms with E-state index in [0.717, 1.165) is 30.0 Å². The summed E-state index contributed by atoms with van der Waals surface area (Å²) in [5.41, 5.74) is 2.12. The number of halogens is 3. The highest BCUT2D eigenvalue weighted by molar-refractivity contribution is 7.09. The Hall–Kier alpha value is -2.89. The van der Waals surface area contributed by atoms with Gasteiger partial charge in [-0.15, -0.1) is 0 Å². The van der Waals surface area contributed by atoms with Crippen LogP contribution in [0.3, 0.4) is 0 Å². The molecule has 2 rings (SSSR count). The molecule has 0 unspecified atom stereocenters. The van der Waals surface area contributed by atoms with Crippen LogP contribution in [-0.4, -0.2) is 26.9 Å². The standard InChI is InChI=1S/C19H24F3N5O3S/c1-5-6-9-27-16(31-15(26-27)18(2,3)4)23-14(28)12-10-11(19(20,21)22)7-8-13(12)24-25-17(29)30/h7-8,10,24-25H,5-6,9H2,1-4H3,(H,29,30). The van der Waals surface area contributed by atoms with E-state index in [2.05, 4.69) is 15.5 Å². The number of rotatable bonds is 6. The molecule has 0 bridgehead atoms. The maximum Gasteiger partial charge on any atom is 0.423 e. The second kappa shape index (κ2) is 9.50. The number of alkyl halides is 3. The third-order valence-electron chi connectivity index (χ3n) is 4.06. The molecule has 0 aliphatic rings. The van der Waals surface area contributed by atoms with E-state index < -0.39 is 29.3 Å². The van der Waals surface area contributed by atoms with E-state index in [9.17, 15) is 22.8 Å². The topological polar surface area (TPSA) is 109 Å². The molecular weight excluding hydrogens is 435 g/mol. The largest absolute Gasteiger partial charge is 0.464 e. The summed E-state index contributed by atoms with van der Waals surface area (Å²) in [6, 6.07) is 2.36. The highest BCUT2D eigenvalue weighted by Gasteiger charge is 2.32. The predicted octanol–water partition coefficient (Wildman–Crippen LogP) is 4.40. The van der Waals surface area contributed by atoms with Crippen molar-refractivity contribution < 1.29 is 27.9 Å². The van der Waals surface area contributed by atoms with Gasteiger partial charge in [-0.25, -0.2) is 14.9 Å². The van der Waals surface area contributed by atoms with Crippen molar-refractivity contribution in [3.05, 3.63) is 39.1 Å². The minimum absolute atomic E-state index is 0.148. The molecule has 2 amide bonds. The summed E-state index contributed by atoms with van der Waals surface area (Å²) >= 11 is 1.19. The zero-order valence-corrected chi connectivity index (χ0v) is 18.3. The van der Waals surface area contributed by atoms with Gasteiger partial charge in [-0.1, -0.05) is 45.5 Å². The first-order chi connectivity index (χ1) is 14.3. The van der Waals surface area contributed by atoms with Gasteiger partial charge in [0.1, 0.15) is 5.01 Å². The van der Waals surface area contributed by atoms with E-state index in [0.29, 0.717) is 12.6 Å². The number of hydrogen-bond acceptors (Lipinski definition) is 5. The lowest BCUT2D eigenvalue weighted by Gasteiger charge is -2.13. The number of hydrazine groups is 1. The number of benzene rings is 1. The SMILES string of the molecule is CCCCn1nc(C(C)(C)C)sc1=NC(=O)c1cc(C(F)(F)F)ccc1NNC(=O)O. The monoisotopic (exact) mass is 459 g/mol. The number of aryl methyl sites for hydroxylation is 1. The van der Waals surface area contributed by atoms with Gasteiger partial charge in [0.25, 0.3) is 5.91 Å². The molecule has 0 spiro atoms. The second-order valence-corrected chi connectivity index (χ2v) is 8.70. The van der Waals surface area contributed by atoms with Crippen molar-refractivity contribution in [1.82, 2.24) is 15.2 Å². The average Bonchev–Trinajstić information content (AvgIpc) is 3.06. The lowest BCUT2D eigenvalue weighted by atomic mass is 9.98. The summed E-state index contributed by atoms with van der Waals surface area (Å²) in [6.07, 6.45) is -4.48. The Bertz CT molecular complexity index is 1020. The fraction of sp³-hybridized carbons (Fsp3) is 0.474. The maximum atomic E-state index is 13.2. The summed E-state index contributed by atoms with van der Waals surface area (Å²) in [5, 5.41) is 14.0. The molecule has 0 radical (unpaired) electrons. The van der Waals surface area contributed by atoms with E-state index in [4.69, 9.17) is 5.11 Å². The number of anilines is 1. The zero-order valence-electron chi connectivity index (χ0n) is 17.5. The number of aromatic nitrogens is 2. The van der Waals surface area contributed by atoms with Gasteiger partial charge in [0.15, 0.2) is 0 Å². The van der Waals surface area contributed by atoms with Crippen molar-refractivity contribution in [3.8, 4) is 0 Å². The first-order valence-electron chi connectivity index (χ1n) is 9.46. The zero-order chi connectivity index (χ0) is 23.4. The summed E-state index contributed by atoms with van der Waals surface area (Å²) in [5.74, 6) is -0.949. The number of amides is 2. The van der Waals surface area contributed by atoms with Crippen molar-refractivity contribution in [2.45, 2.75) is 58.7 Å². The molecule has 0 saturated heterocycles. The van der Waals surface area contributed by atoms with Gasteiger partial charge >= 0.3 is 12.3 Å². The molecule has 0 aliphatic heterocycles. The van der Waals surface area contributed by atoms with Crippen molar-refractivity contribution in [1.29, 1.82) is 0 Å². The minimum atomic E-state index is -4.68. The minimum Gasteiger partial charge on any atom is -0.464 e. The number of carbonyl (C=O) groups excluding carboxylic acids is 1. The second-order valence-electron chi connectivity index (χ2n) is 7.75. The fourth-order valence-corrected chi connectivity index (χ4v) is 3.41. The highest BCUT2D eigenvalue weighted by Crippen LogP contribution is 2.32. The molecule has 1 heterocycles. The van der Waals surface area contributed by atoms with E-state index in [1.165, 1.54) is 11.3 Å². The third kappa shape index (κ3) is 6.54. The van der Waals surface area contributed by atoms with Gasteiger partial charge in [0.2, 0.25) is 4.80 Å². The summed E-state index contributed by atoms with van der Waals surface area (Å²) in [6.45, 7) is 8.36. The van der Waals surface area contributed by atoms with Gasteiger partial charge in [0.05, 0.1) is 16.8 Å². The smallest absolute Gasteiger partial charge is 0.423 e. The number of unbranched alkanes of at least 4 members (excludes halogenated alkanes) is 1. The molecular formula is C19H24F3N5O3S. The average molecular weight is 459 g/mol. The Morgan fingerprint density at radius 3 is 2.48 bits per heavy atom. The van der Waals surface area contributed by atoms with Crippen LogP contribution in [0.15, 0.2) is 23.2 Å². The van der Waals surface area contributed by atoms with Crippen LogP contribution >= 0.6 is 11.3 Å². The Balaban J connectivity index is 2.57. The third-order valence-corrected chi connectivity index (χ3v) is 5.44. The molecule has 3 N–H and O–H groups in total. The van der Waals surface area contributed by atoms with E-state index >= 15 is 0 Å². The molecule has 12 heteroatoms.